The summed E-state index contributed by atoms with van der Waals surface area (Å²) in [4.78, 5) is 22.7. The van der Waals surface area contributed by atoms with Crippen molar-refractivity contribution in [2.45, 2.75) is 24.8 Å². The maximum atomic E-state index is 11.8. The summed E-state index contributed by atoms with van der Waals surface area (Å²) < 4.78 is 27.8. The third kappa shape index (κ3) is 2.64. The van der Waals surface area contributed by atoms with Crippen molar-refractivity contribution in [3.63, 3.8) is 0 Å². The molecule has 1 aromatic heterocycles. The monoisotopic (exact) mass is 261 g/mol. The van der Waals surface area contributed by atoms with Gasteiger partial charge < -0.3 is 4.57 Å². The molecule has 17 heavy (non-hydrogen) atoms. The lowest BCUT2D eigenvalue weighted by atomic mass is 10.4. The highest BCUT2D eigenvalue weighted by molar-refractivity contribution is 7.89. The Hall–Kier alpha value is -1.41. The van der Waals surface area contributed by atoms with E-state index < -0.39 is 26.2 Å². The molecule has 1 N–H and O–H groups in total. The van der Waals surface area contributed by atoms with Gasteiger partial charge in [0.05, 0.1) is 0 Å². The fourth-order valence-corrected chi connectivity index (χ4v) is 2.74. The van der Waals surface area contributed by atoms with Crippen LogP contribution >= 0.6 is 0 Å². The summed E-state index contributed by atoms with van der Waals surface area (Å²) in [6.45, 7) is 3.29. The third-order valence-electron chi connectivity index (χ3n) is 2.10. The number of sulfonamides is 1. The van der Waals surface area contributed by atoms with Crippen molar-refractivity contribution in [2.75, 3.05) is 0 Å². The predicted octanol–water partition coefficient (Wildman–Crippen LogP) is -1.23. The number of hydrogen-bond acceptors (Lipinski definition) is 4. The molecule has 0 aliphatic heterocycles. The largest absolute Gasteiger partial charge is 0.330 e. The first kappa shape index (κ1) is 13.7. The molecule has 0 radical (unpaired) electrons. The van der Waals surface area contributed by atoms with Gasteiger partial charge in [0, 0.05) is 26.3 Å². The van der Waals surface area contributed by atoms with Crippen molar-refractivity contribution in [1.82, 2.24) is 13.9 Å². The van der Waals surface area contributed by atoms with Gasteiger partial charge in [0.15, 0.2) is 4.90 Å². The van der Waals surface area contributed by atoms with Gasteiger partial charge in [-0.25, -0.2) is 17.9 Å². The Morgan fingerprint density at radius 3 is 2.24 bits per heavy atom. The molecule has 1 aromatic rings. The zero-order valence-corrected chi connectivity index (χ0v) is 10.9. The quantitative estimate of drug-likeness (QED) is 0.737. The van der Waals surface area contributed by atoms with Crippen molar-refractivity contribution in [3.8, 4) is 0 Å². The Morgan fingerprint density at radius 2 is 1.76 bits per heavy atom. The van der Waals surface area contributed by atoms with Crippen LogP contribution < -0.4 is 16.0 Å². The van der Waals surface area contributed by atoms with E-state index in [1.807, 2.05) is 0 Å². The van der Waals surface area contributed by atoms with Gasteiger partial charge >= 0.3 is 5.69 Å². The number of rotatable bonds is 3. The molecular weight excluding hydrogens is 246 g/mol. The van der Waals surface area contributed by atoms with Crippen LogP contribution in [0.15, 0.2) is 20.7 Å². The Morgan fingerprint density at radius 1 is 1.24 bits per heavy atom. The van der Waals surface area contributed by atoms with Crippen LogP contribution in [0.2, 0.25) is 0 Å². The molecule has 7 nitrogen and oxygen atoms in total. The van der Waals surface area contributed by atoms with Gasteiger partial charge in [-0.2, -0.15) is 0 Å². The van der Waals surface area contributed by atoms with Gasteiger partial charge in [-0.1, -0.05) is 0 Å². The van der Waals surface area contributed by atoms with Crippen LogP contribution in [0.1, 0.15) is 13.8 Å². The summed E-state index contributed by atoms with van der Waals surface area (Å²) in [5.41, 5.74) is -1.40. The van der Waals surface area contributed by atoms with Gasteiger partial charge in [-0.05, 0) is 13.8 Å². The number of aromatic nitrogens is 2. The molecule has 0 amide bonds. The Bertz CT molecular complexity index is 639. The van der Waals surface area contributed by atoms with Crippen molar-refractivity contribution < 1.29 is 8.42 Å². The highest BCUT2D eigenvalue weighted by Gasteiger charge is 2.21. The van der Waals surface area contributed by atoms with Gasteiger partial charge in [-0.3, -0.25) is 9.36 Å². The van der Waals surface area contributed by atoms with Gasteiger partial charge in [0.1, 0.15) is 0 Å². The minimum Gasteiger partial charge on any atom is -0.302 e. The molecule has 0 spiro atoms. The molecule has 0 atom stereocenters. The first-order valence-electron chi connectivity index (χ1n) is 4.96. The van der Waals surface area contributed by atoms with Crippen molar-refractivity contribution >= 4 is 10.0 Å². The summed E-state index contributed by atoms with van der Waals surface area (Å²) in [5, 5.41) is 0. The van der Waals surface area contributed by atoms with Crippen LogP contribution in [0.25, 0.3) is 0 Å². The second-order valence-electron chi connectivity index (χ2n) is 4.03. The molecule has 0 fully saturated rings. The molecule has 8 heteroatoms. The fourth-order valence-electron chi connectivity index (χ4n) is 1.33. The Labute approximate surface area is 98.7 Å². The van der Waals surface area contributed by atoms with Crippen molar-refractivity contribution in [1.29, 1.82) is 0 Å². The summed E-state index contributed by atoms with van der Waals surface area (Å²) in [5.74, 6) is 0. The van der Waals surface area contributed by atoms with Gasteiger partial charge in [0.25, 0.3) is 5.56 Å². The molecule has 96 valence electrons. The standard InChI is InChI=1S/C9H15N3O4S/c1-6(2)10-17(15,16)7-5-11(3)9(14)12(4)8(7)13/h5-6,10H,1-4H3. The lowest BCUT2D eigenvalue weighted by Crippen LogP contribution is -2.42. The zero-order chi connectivity index (χ0) is 13.4. The predicted molar refractivity (Wildman–Crippen MR) is 62.4 cm³/mol. The summed E-state index contributed by atoms with van der Waals surface area (Å²) >= 11 is 0. The Kier molecular flexibility index (Phi) is 3.58. The number of aryl methyl sites for hydroxylation is 1. The van der Waals surface area contributed by atoms with Crippen LogP contribution in [0.4, 0.5) is 0 Å². The second kappa shape index (κ2) is 4.46. The average Bonchev–Trinajstić information content (AvgIpc) is 2.18. The van der Waals surface area contributed by atoms with E-state index in [1.54, 1.807) is 13.8 Å². The van der Waals surface area contributed by atoms with Crippen LogP contribution in [0.5, 0.6) is 0 Å². The second-order valence-corrected chi connectivity index (χ2v) is 5.71. The molecule has 0 saturated carbocycles. The van der Waals surface area contributed by atoms with Crippen molar-refractivity contribution in [2.24, 2.45) is 14.1 Å². The number of nitrogens with zero attached hydrogens (tertiary/aromatic N) is 2. The zero-order valence-electron chi connectivity index (χ0n) is 10.1. The number of nitrogens with one attached hydrogen (secondary N) is 1. The average molecular weight is 261 g/mol. The van der Waals surface area contributed by atoms with Crippen LogP contribution in [-0.4, -0.2) is 23.6 Å². The van der Waals surface area contributed by atoms with Crippen LogP contribution in [-0.2, 0) is 24.1 Å². The van der Waals surface area contributed by atoms with Crippen LogP contribution in [0.3, 0.4) is 0 Å². The van der Waals surface area contributed by atoms with E-state index in [9.17, 15) is 18.0 Å². The van der Waals surface area contributed by atoms with E-state index in [4.69, 9.17) is 0 Å². The van der Waals surface area contributed by atoms with E-state index in [2.05, 4.69) is 4.72 Å². The summed E-state index contributed by atoms with van der Waals surface area (Å²) in [6.07, 6.45) is 1.02. The minimum atomic E-state index is -3.90. The maximum Gasteiger partial charge on any atom is 0.330 e. The van der Waals surface area contributed by atoms with E-state index in [1.165, 1.54) is 14.1 Å². The first-order chi connectivity index (χ1) is 7.66. The normalized spacial score (nSPS) is 12.1. The SMILES string of the molecule is CC(C)NS(=O)(=O)c1cn(C)c(=O)n(C)c1=O. The summed E-state index contributed by atoms with van der Waals surface area (Å²) in [6, 6.07) is -0.332. The lowest BCUT2D eigenvalue weighted by molar-refractivity contribution is 0.560. The van der Waals surface area contributed by atoms with Gasteiger partial charge in [0.2, 0.25) is 10.0 Å². The first-order valence-corrected chi connectivity index (χ1v) is 6.44. The molecule has 0 bridgehead atoms. The molecule has 1 heterocycles. The van der Waals surface area contributed by atoms with E-state index in [0.29, 0.717) is 0 Å². The smallest absolute Gasteiger partial charge is 0.302 e. The highest BCUT2D eigenvalue weighted by Crippen LogP contribution is 2.00. The molecule has 0 saturated heterocycles. The minimum absolute atomic E-state index is 0.332. The third-order valence-corrected chi connectivity index (χ3v) is 3.74. The molecule has 0 aliphatic carbocycles. The Balaban J connectivity index is 3.55. The molecule has 0 unspecified atom stereocenters. The van der Waals surface area contributed by atoms with E-state index >= 15 is 0 Å². The number of hydrogen-bond donors (Lipinski definition) is 1. The molecule has 0 aliphatic rings. The lowest BCUT2D eigenvalue weighted by Gasteiger charge is -2.10. The van der Waals surface area contributed by atoms with E-state index in [0.717, 1.165) is 15.3 Å². The molecule has 0 aromatic carbocycles. The van der Waals surface area contributed by atoms with Crippen LogP contribution in [0, 0.1) is 0 Å². The fraction of sp³-hybridized carbons (Fsp3) is 0.556. The molecule has 1 rings (SSSR count). The summed E-state index contributed by atoms with van der Waals surface area (Å²) in [7, 11) is -1.27. The maximum absolute atomic E-state index is 11.8. The highest BCUT2D eigenvalue weighted by atomic mass is 32.2. The van der Waals surface area contributed by atoms with E-state index in [-0.39, 0.29) is 6.04 Å². The molecular formula is C9H15N3O4S. The topological polar surface area (TPSA) is 90.2 Å². The van der Waals surface area contributed by atoms with Crippen molar-refractivity contribution in [3.05, 3.63) is 27.0 Å². The van der Waals surface area contributed by atoms with Gasteiger partial charge in [-0.15, -0.1) is 0 Å².